The fraction of sp³-hybridized carbons (Fsp3) is 0.0526. The van der Waals surface area contributed by atoms with Gasteiger partial charge in [0.1, 0.15) is 6.10 Å². The van der Waals surface area contributed by atoms with Crippen LogP contribution in [0.5, 0.6) is 0 Å². The Kier molecular flexibility index (Phi) is 10.1. The largest absolute Gasteiger partial charge is 0.673 e. The Morgan fingerprint density at radius 2 is 0.957 bits per heavy atom. The minimum atomic E-state index is -6.00. The zero-order valence-electron chi connectivity index (χ0n) is 24.9. The van der Waals surface area contributed by atoms with Crippen LogP contribution in [0.4, 0.5) is 17.3 Å². The second kappa shape index (κ2) is 14.5. The molecule has 0 aliphatic rings. The van der Waals surface area contributed by atoms with Gasteiger partial charge in [0, 0.05) is 35.4 Å². The van der Waals surface area contributed by atoms with Crippen LogP contribution in [0.15, 0.2) is 158 Å². The van der Waals surface area contributed by atoms with Crippen LogP contribution in [0.1, 0.15) is 28.9 Å². The molecule has 0 saturated carbocycles. The van der Waals surface area contributed by atoms with Crippen LogP contribution in [-0.4, -0.2) is 13.2 Å². The highest BCUT2D eigenvalue weighted by Gasteiger charge is 2.25. The van der Waals surface area contributed by atoms with E-state index in [1.807, 2.05) is 79.7 Å². The minimum Gasteiger partial charge on any atom is -0.454 e. The van der Waals surface area contributed by atoms with Gasteiger partial charge >= 0.3 is 13.2 Å². The fourth-order valence-corrected chi connectivity index (χ4v) is 5.08. The van der Waals surface area contributed by atoms with E-state index >= 15 is 0 Å². The van der Waals surface area contributed by atoms with E-state index in [1.54, 1.807) is 0 Å². The average Bonchev–Trinajstić information content (AvgIpc) is 3.08. The Bertz CT molecular complexity index is 1800. The van der Waals surface area contributed by atoms with Crippen molar-refractivity contribution >= 4 is 13.2 Å². The number of hydrogen-bond acceptors (Lipinski definition) is 2. The number of pyridine rings is 1. The van der Waals surface area contributed by atoms with Gasteiger partial charge in [-0.25, -0.2) is 4.79 Å². The summed E-state index contributed by atoms with van der Waals surface area (Å²) in [7, 11) is -6.00. The molecule has 0 saturated heterocycles. The number of nitrogens with zero attached hydrogens (tertiary/aromatic N) is 1. The molecule has 5 aromatic carbocycles. The molecule has 1 unspecified atom stereocenters. The maximum Gasteiger partial charge on any atom is 0.673 e. The third kappa shape index (κ3) is 8.36. The molecule has 0 spiro atoms. The summed E-state index contributed by atoms with van der Waals surface area (Å²) >= 11 is 0. The molecule has 6 aromatic rings. The van der Waals surface area contributed by atoms with Crippen LogP contribution in [0.2, 0.25) is 0 Å². The third-order valence-electron chi connectivity index (χ3n) is 7.23. The molecular weight excluding hydrogens is 589 g/mol. The van der Waals surface area contributed by atoms with Gasteiger partial charge in [0.2, 0.25) is 17.1 Å². The second-order valence-electron chi connectivity index (χ2n) is 10.4. The third-order valence-corrected chi connectivity index (χ3v) is 7.23. The van der Waals surface area contributed by atoms with Crippen molar-refractivity contribution in [3.63, 3.8) is 0 Å². The van der Waals surface area contributed by atoms with Crippen LogP contribution in [0.25, 0.3) is 39.3 Å². The molecule has 8 heteroatoms. The Hall–Kier alpha value is -5.50. The molecule has 0 radical (unpaired) electrons. The van der Waals surface area contributed by atoms with E-state index < -0.39 is 7.25 Å². The molecule has 0 amide bonds. The zero-order valence-corrected chi connectivity index (χ0v) is 24.9. The van der Waals surface area contributed by atoms with Crippen LogP contribution in [0.3, 0.4) is 0 Å². The van der Waals surface area contributed by atoms with E-state index in [0.29, 0.717) is 5.56 Å². The first-order chi connectivity index (χ1) is 22.2. The van der Waals surface area contributed by atoms with Gasteiger partial charge in [-0.2, -0.15) is 4.57 Å². The quantitative estimate of drug-likeness (QED) is 0.0771. The molecule has 3 nitrogen and oxygen atoms in total. The molecule has 1 atom stereocenters. The summed E-state index contributed by atoms with van der Waals surface area (Å²) in [6.45, 7) is 1.89. The first-order valence-electron chi connectivity index (χ1n) is 14.7. The summed E-state index contributed by atoms with van der Waals surface area (Å²) in [4.78, 5) is 13.0. The van der Waals surface area contributed by atoms with Crippen molar-refractivity contribution in [1.29, 1.82) is 0 Å². The molecule has 0 aliphatic carbocycles. The normalized spacial score (nSPS) is 11.6. The van der Waals surface area contributed by atoms with E-state index in [0.717, 1.165) is 44.9 Å². The highest BCUT2D eigenvalue weighted by Crippen LogP contribution is 2.30. The minimum absolute atomic E-state index is 0.336. The Labute approximate surface area is 265 Å². The van der Waals surface area contributed by atoms with Gasteiger partial charge in [-0.1, -0.05) is 97.1 Å². The number of hydrogen-bond donors (Lipinski definition) is 0. The summed E-state index contributed by atoms with van der Waals surface area (Å²) in [6, 6.07) is 53.2. The summed E-state index contributed by atoms with van der Waals surface area (Å²) < 4.78 is 47.0. The molecule has 0 bridgehead atoms. The van der Waals surface area contributed by atoms with Crippen molar-refractivity contribution < 1.29 is 31.4 Å². The maximum absolute atomic E-state index is 13.0. The average molecular weight is 619 g/mol. The lowest BCUT2D eigenvalue weighted by molar-refractivity contribution is -0.572. The van der Waals surface area contributed by atoms with Crippen molar-refractivity contribution in [3.05, 3.63) is 169 Å². The van der Waals surface area contributed by atoms with Gasteiger partial charge in [0.25, 0.3) is 0 Å². The number of halogens is 4. The van der Waals surface area contributed by atoms with Crippen LogP contribution < -0.4 is 4.57 Å². The summed E-state index contributed by atoms with van der Waals surface area (Å²) in [5, 5.41) is 0. The monoisotopic (exact) mass is 619 g/mol. The number of carbonyl (C=O) groups is 1. The van der Waals surface area contributed by atoms with Crippen molar-refractivity contribution in [2.75, 3.05) is 0 Å². The van der Waals surface area contributed by atoms with Gasteiger partial charge in [-0.3, -0.25) is 0 Å². The molecule has 1 heterocycles. The summed E-state index contributed by atoms with van der Waals surface area (Å²) in [5.74, 6) is -0.344. The van der Waals surface area contributed by atoms with E-state index in [2.05, 4.69) is 89.5 Å². The zero-order chi connectivity index (χ0) is 32.5. The number of rotatable bonds is 7. The van der Waals surface area contributed by atoms with Crippen LogP contribution in [0, 0.1) is 0 Å². The van der Waals surface area contributed by atoms with Crippen LogP contribution >= 0.6 is 0 Å². The number of ether oxygens (including phenoxy) is 1. The fourth-order valence-electron chi connectivity index (χ4n) is 5.08. The molecule has 1 aromatic heterocycles. The van der Waals surface area contributed by atoms with Gasteiger partial charge in [0.05, 0.1) is 5.56 Å². The van der Waals surface area contributed by atoms with Gasteiger partial charge < -0.3 is 22.0 Å². The van der Waals surface area contributed by atoms with Crippen molar-refractivity contribution in [2.24, 2.45) is 0 Å². The Morgan fingerprint density at radius 3 is 1.39 bits per heavy atom. The van der Waals surface area contributed by atoms with Gasteiger partial charge in [-0.05, 0) is 60.0 Å². The van der Waals surface area contributed by atoms with Crippen molar-refractivity contribution in [1.82, 2.24) is 0 Å². The van der Waals surface area contributed by atoms with E-state index in [4.69, 9.17) is 4.74 Å². The van der Waals surface area contributed by atoms with Crippen molar-refractivity contribution in [2.45, 2.75) is 13.0 Å². The second-order valence-corrected chi connectivity index (χ2v) is 10.4. The van der Waals surface area contributed by atoms with E-state index in [9.17, 15) is 22.1 Å². The highest BCUT2D eigenvalue weighted by molar-refractivity contribution is 6.50. The lowest BCUT2D eigenvalue weighted by Gasteiger charge is -2.14. The standard InChI is InChI=1S/C38H30NO2.BF4/c1-28(29-14-6-2-7-15-29)41-38(40)33-22-24-35(25-23-33)39-36(31-18-10-4-11-19-31)26-34(30-16-8-3-9-17-30)27-37(39)32-20-12-5-13-21-32;2-1(3,4)5/h2-28H,1H3;/q+1;-1. The molecular formula is C38H30BF4NO2. The van der Waals surface area contributed by atoms with Crippen molar-refractivity contribution in [3.8, 4) is 39.3 Å². The Morgan fingerprint density at radius 1 is 0.565 bits per heavy atom. The van der Waals surface area contributed by atoms with E-state index in [-0.39, 0.29) is 12.1 Å². The predicted molar refractivity (Wildman–Crippen MR) is 175 cm³/mol. The molecule has 0 aliphatic heterocycles. The number of esters is 1. The van der Waals surface area contributed by atoms with Gasteiger partial charge in [0.15, 0.2) is 0 Å². The topological polar surface area (TPSA) is 30.2 Å². The highest BCUT2D eigenvalue weighted by atomic mass is 19.5. The molecule has 230 valence electrons. The first-order valence-corrected chi connectivity index (χ1v) is 14.7. The Balaban J connectivity index is 0.000000775. The molecule has 0 N–H and O–H groups in total. The number of carbonyl (C=O) groups excluding carboxylic acids is 1. The lowest BCUT2D eigenvalue weighted by Crippen LogP contribution is -2.36. The SMILES string of the molecule is CC(OC(=O)c1ccc(-[n+]2c(-c3ccccc3)cc(-c3ccccc3)cc2-c2ccccc2)cc1)c1ccccc1.F[B-](F)(F)F. The first kappa shape index (κ1) is 31.9. The van der Waals surface area contributed by atoms with Gasteiger partial charge in [-0.15, -0.1) is 0 Å². The number of aromatic nitrogens is 1. The smallest absolute Gasteiger partial charge is 0.454 e. The maximum atomic E-state index is 13.0. The van der Waals surface area contributed by atoms with E-state index in [1.165, 1.54) is 0 Å². The summed E-state index contributed by atoms with van der Waals surface area (Å²) in [5.41, 5.74) is 9.03. The predicted octanol–water partition coefficient (Wildman–Crippen LogP) is 10.2. The lowest BCUT2D eigenvalue weighted by atomic mass is 9.98. The summed E-state index contributed by atoms with van der Waals surface area (Å²) in [6.07, 6.45) is -0.336. The number of benzene rings is 5. The molecule has 46 heavy (non-hydrogen) atoms. The molecule has 0 fully saturated rings. The molecule has 6 rings (SSSR count). The van der Waals surface area contributed by atoms with Crippen LogP contribution in [-0.2, 0) is 4.74 Å².